The van der Waals surface area contributed by atoms with E-state index in [0.717, 1.165) is 32.1 Å². The van der Waals surface area contributed by atoms with Crippen molar-refractivity contribution < 1.29 is 9.84 Å². The van der Waals surface area contributed by atoms with Crippen LogP contribution >= 0.6 is 0 Å². The second-order valence-electron chi connectivity index (χ2n) is 4.83. The molecule has 88 valence electrons. The second kappa shape index (κ2) is 4.98. The summed E-state index contributed by atoms with van der Waals surface area (Å²) < 4.78 is 5.19. The molecular formula is C14H20O2. The molecule has 2 nitrogen and oxygen atoms in total. The number of benzene rings is 1. The van der Waals surface area contributed by atoms with E-state index in [9.17, 15) is 5.11 Å². The molecule has 1 saturated carbocycles. The molecule has 1 aromatic carbocycles. The lowest BCUT2D eigenvalue weighted by molar-refractivity contribution is -0.131. The van der Waals surface area contributed by atoms with Crippen LogP contribution in [0.1, 0.15) is 31.2 Å². The quantitative estimate of drug-likeness (QED) is 0.826. The number of ether oxygens (including phenoxy) is 1. The van der Waals surface area contributed by atoms with E-state index in [2.05, 4.69) is 24.3 Å². The fraction of sp³-hybridized carbons (Fsp3) is 0.571. The Labute approximate surface area is 97.3 Å². The Hall–Kier alpha value is -0.860. The van der Waals surface area contributed by atoms with Gasteiger partial charge in [0.05, 0.1) is 11.7 Å². The Morgan fingerprint density at radius 3 is 2.62 bits per heavy atom. The lowest BCUT2D eigenvalue weighted by Gasteiger charge is -2.42. The maximum absolute atomic E-state index is 10.1. The molecule has 2 heteroatoms. The first-order chi connectivity index (χ1) is 7.72. The first-order valence-corrected chi connectivity index (χ1v) is 6.01. The fourth-order valence-electron chi connectivity index (χ4n) is 2.42. The SMILES string of the molecule is COC1CC(O)(CCCc2ccccc2)C1. The second-order valence-corrected chi connectivity index (χ2v) is 4.83. The predicted molar refractivity (Wildman–Crippen MR) is 64.4 cm³/mol. The van der Waals surface area contributed by atoms with Crippen LogP contribution in [0.2, 0.25) is 0 Å². The summed E-state index contributed by atoms with van der Waals surface area (Å²) in [7, 11) is 1.72. The number of rotatable bonds is 5. The highest BCUT2D eigenvalue weighted by molar-refractivity contribution is 5.14. The van der Waals surface area contributed by atoms with Gasteiger partial charge in [-0.05, 0) is 24.8 Å². The van der Waals surface area contributed by atoms with Crippen LogP contribution in [0.3, 0.4) is 0 Å². The standard InChI is InChI=1S/C14H20O2/c1-16-13-10-14(15,11-13)9-5-8-12-6-3-2-4-7-12/h2-4,6-7,13,15H,5,8-11H2,1H3. The maximum atomic E-state index is 10.1. The largest absolute Gasteiger partial charge is 0.390 e. The van der Waals surface area contributed by atoms with Gasteiger partial charge in [-0.2, -0.15) is 0 Å². The van der Waals surface area contributed by atoms with E-state index >= 15 is 0 Å². The third-order valence-corrected chi connectivity index (χ3v) is 3.50. The van der Waals surface area contributed by atoms with Gasteiger partial charge in [-0.1, -0.05) is 30.3 Å². The van der Waals surface area contributed by atoms with E-state index in [4.69, 9.17) is 4.74 Å². The van der Waals surface area contributed by atoms with Gasteiger partial charge < -0.3 is 9.84 Å². The lowest BCUT2D eigenvalue weighted by atomic mass is 9.74. The summed E-state index contributed by atoms with van der Waals surface area (Å²) in [5, 5.41) is 10.1. The van der Waals surface area contributed by atoms with Gasteiger partial charge in [-0.3, -0.25) is 0 Å². The van der Waals surface area contributed by atoms with Crippen molar-refractivity contribution in [2.75, 3.05) is 7.11 Å². The zero-order valence-corrected chi connectivity index (χ0v) is 9.86. The van der Waals surface area contributed by atoms with Crippen LogP contribution in [-0.4, -0.2) is 23.9 Å². The van der Waals surface area contributed by atoms with Gasteiger partial charge in [0.15, 0.2) is 0 Å². The monoisotopic (exact) mass is 220 g/mol. The average molecular weight is 220 g/mol. The van der Waals surface area contributed by atoms with Crippen molar-refractivity contribution in [1.29, 1.82) is 0 Å². The van der Waals surface area contributed by atoms with Crippen molar-refractivity contribution in [2.24, 2.45) is 0 Å². The van der Waals surface area contributed by atoms with Crippen LogP contribution in [0.5, 0.6) is 0 Å². The Bertz CT molecular complexity index is 315. The molecule has 1 N–H and O–H groups in total. The topological polar surface area (TPSA) is 29.5 Å². The minimum Gasteiger partial charge on any atom is -0.390 e. The highest BCUT2D eigenvalue weighted by Gasteiger charge is 2.41. The van der Waals surface area contributed by atoms with Crippen molar-refractivity contribution in [3.63, 3.8) is 0 Å². The van der Waals surface area contributed by atoms with Crippen molar-refractivity contribution in [3.05, 3.63) is 35.9 Å². The summed E-state index contributed by atoms with van der Waals surface area (Å²) in [6, 6.07) is 10.4. The molecule has 0 amide bonds. The Kier molecular flexibility index (Phi) is 3.62. The third kappa shape index (κ3) is 2.83. The van der Waals surface area contributed by atoms with Crippen molar-refractivity contribution in [2.45, 2.75) is 43.8 Å². The van der Waals surface area contributed by atoms with E-state index in [1.54, 1.807) is 7.11 Å². The number of aryl methyl sites for hydroxylation is 1. The van der Waals surface area contributed by atoms with Gasteiger partial charge in [0, 0.05) is 20.0 Å². The Balaban J connectivity index is 1.69. The highest BCUT2D eigenvalue weighted by atomic mass is 16.5. The number of hydrogen-bond acceptors (Lipinski definition) is 2. The van der Waals surface area contributed by atoms with Crippen LogP contribution in [0, 0.1) is 0 Å². The molecule has 0 radical (unpaired) electrons. The molecular weight excluding hydrogens is 200 g/mol. The molecule has 0 unspecified atom stereocenters. The summed E-state index contributed by atoms with van der Waals surface area (Å²) in [4.78, 5) is 0. The van der Waals surface area contributed by atoms with E-state index < -0.39 is 5.60 Å². The van der Waals surface area contributed by atoms with Gasteiger partial charge in [0.1, 0.15) is 0 Å². The van der Waals surface area contributed by atoms with Crippen molar-refractivity contribution in [1.82, 2.24) is 0 Å². The van der Waals surface area contributed by atoms with Crippen LogP contribution in [0.25, 0.3) is 0 Å². The summed E-state index contributed by atoms with van der Waals surface area (Å²) in [5.41, 5.74) is 0.906. The molecule has 0 atom stereocenters. The Morgan fingerprint density at radius 1 is 1.31 bits per heavy atom. The molecule has 0 aliphatic heterocycles. The molecule has 16 heavy (non-hydrogen) atoms. The smallest absolute Gasteiger partial charge is 0.0697 e. The zero-order chi connectivity index (χ0) is 11.4. The molecule has 1 fully saturated rings. The van der Waals surface area contributed by atoms with E-state index in [-0.39, 0.29) is 6.10 Å². The molecule has 0 spiro atoms. The van der Waals surface area contributed by atoms with Gasteiger partial charge >= 0.3 is 0 Å². The zero-order valence-electron chi connectivity index (χ0n) is 9.86. The highest BCUT2D eigenvalue weighted by Crippen LogP contribution is 2.37. The van der Waals surface area contributed by atoms with Crippen LogP contribution in [0.15, 0.2) is 30.3 Å². The number of aliphatic hydroxyl groups is 1. The van der Waals surface area contributed by atoms with Gasteiger partial charge in [0.25, 0.3) is 0 Å². The predicted octanol–water partition coefficient (Wildman–Crippen LogP) is 2.55. The molecule has 1 aromatic rings. The molecule has 1 aliphatic rings. The Morgan fingerprint density at radius 2 is 2.00 bits per heavy atom. The third-order valence-electron chi connectivity index (χ3n) is 3.50. The molecule has 2 rings (SSSR count). The van der Waals surface area contributed by atoms with E-state index in [1.165, 1.54) is 5.56 Å². The van der Waals surface area contributed by atoms with Crippen LogP contribution in [-0.2, 0) is 11.2 Å². The molecule has 0 bridgehead atoms. The van der Waals surface area contributed by atoms with Crippen LogP contribution in [0.4, 0.5) is 0 Å². The van der Waals surface area contributed by atoms with E-state index in [0.29, 0.717) is 0 Å². The normalized spacial score (nSPS) is 28.8. The van der Waals surface area contributed by atoms with Crippen molar-refractivity contribution in [3.8, 4) is 0 Å². The maximum Gasteiger partial charge on any atom is 0.0697 e. The molecule has 1 aliphatic carbocycles. The van der Waals surface area contributed by atoms with Gasteiger partial charge in [-0.15, -0.1) is 0 Å². The van der Waals surface area contributed by atoms with Gasteiger partial charge in [0.2, 0.25) is 0 Å². The first kappa shape index (κ1) is 11.6. The summed E-state index contributed by atoms with van der Waals surface area (Å²) in [6.07, 6.45) is 4.89. The minimum absolute atomic E-state index is 0.279. The average Bonchev–Trinajstić information content (AvgIpc) is 2.27. The number of methoxy groups -OCH3 is 1. The summed E-state index contributed by atoms with van der Waals surface area (Å²) in [5.74, 6) is 0. The summed E-state index contributed by atoms with van der Waals surface area (Å²) >= 11 is 0. The van der Waals surface area contributed by atoms with Crippen LogP contribution < -0.4 is 0 Å². The van der Waals surface area contributed by atoms with Gasteiger partial charge in [-0.25, -0.2) is 0 Å². The fourth-order valence-corrected chi connectivity index (χ4v) is 2.42. The minimum atomic E-state index is -0.449. The molecule has 0 heterocycles. The lowest BCUT2D eigenvalue weighted by Crippen LogP contribution is -2.47. The molecule has 0 aromatic heterocycles. The first-order valence-electron chi connectivity index (χ1n) is 6.01. The molecule has 0 saturated heterocycles. The van der Waals surface area contributed by atoms with Crippen molar-refractivity contribution >= 4 is 0 Å². The summed E-state index contributed by atoms with van der Waals surface area (Å²) in [6.45, 7) is 0. The van der Waals surface area contributed by atoms with E-state index in [1.807, 2.05) is 6.07 Å². The number of hydrogen-bond donors (Lipinski definition) is 1.